The maximum atomic E-state index is 11.9. The van der Waals surface area contributed by atoms with E-state index in [-0.39, 0.29) is 6.04 Å². The predicted molar refractivity (Wildman–Crippen MR) is 99.8 cm³/mol. The van der Waals surface area contributed by atoms with Gasteiger partial charge in [-0.25, -0.2) is 8.42 Å². The molecule has 6 nitrogen and oxygen atoms in total. The lowest BCUT2D eigenvalue weighted by molar-refractivity contribution is 0.142. The van der Waals surface area contributed by atoms with Crippen molar-refractivity contribution >= 4 is 16.0 Å². The fourth-order valence-corrected chi connectivity index (χ4v) is 5.48. The van der Waals surface area contributed by atoms with Crippen molar-refractivity contribution in [1.82, 2.24) is 14.5 Å². The standard InChI is InChI=1S/C17H34N4O2S/c1-5-9-17(2)10-7-11-20(14-17)16(18-3)19-13-15-8-6-12-21(15)24(4,22)23/h15H,5-14H2,1-4H3,(H,18,19)/t15-,17?/m1/s1. The number of sulfonamides is 1. The van der Waals surface area contributed by atoms with E-state index in [0.29, 0.717) is 18.5 Å². The topological polar surface area (TPSA) is 65.0 Å². The van der Waals surface area contributed by atoms with Gasteiger partial charge >= 0.3 is 0 Å². The third-order valence-electron chi connectivity index (χ3n) is 5.39. The summed E-state index contributed by atoms with van der Waals surface area (Å²) in [5.74, 6) is 0.914. The first-order valence-electron chi connectivity index (χ1n) is 9.21. The minimum atomic E-state index is -3.12. The third-order valence-corrected chi connectivity index (χ3v) is 6.72. The zero-order chi connectivity index (χ0) is 17.8. The van der Waals surface area contributed by atoms with Crippen molar-refractivity contribution in [3.05, 3.63) is 0 Å². The van der Waals surface area contributed by atoms with Gasteiger partial charge in [0, 0.05) is 39.3 Å². The van der Waals surface area contributed by atoms with Crippen LogP contribution in [0.3, 0.4) is 0 Å². The Labute approximate surface area is 147 Å². The van der Waals surface area contributed by atoms with Crippen LogP contribution in [0.5, 0.6) is 0 Å². The van der Waals surface area contributed by atoms with Gasteiger partial charge in [-0.05, 0) is 37.5 Å². The van der Waals surface area contributed by atoms with Crippen LogP contribution in [0.1, 0.15) is 52.4 Å². The molecule has 2 aliphatic rings. The van der Waals surface area contributed by atoms with Crippen LogP contribution in [0.25, 0.3) is 0 Å². The molecular formula is C17H34N4O2S. The van der Waals surface area contributed by atoms with E-state index in [9.17, 15) is 8.42 Å². The van der Waals surface area contributed by atoms with Crippen molar-refractivity contribution in [1.29, 1.82) is 0 Å². The molecule has 2 rings (SSSR count). The van der Waals surface area contributed by atoms with E-state index in [1.54, 1.807) is 4.31 Å². The first-order chi connectivity index (χ1) is 11.3. The zero-order valence-corrected chi connectivity index (χ0v) is 16.5. The van der Waals surface area contributed by atoms with E-state index >= 15 is 0 Å². The van der Waals surface area contributed by atoms with Crippen LogP contribution in [0.15, 0.2) is 4.99 Å². The van der Waals surface area contributed by atoms with Crippen LogP contribution >= 0.6 is 0 Å². The number of nitrogens with one attached hydrogen (secondary N) is 1. The summed E-state index contributed by atoms with van der Waals surface area (Å²) in [7, 11) is -1.30. The van der Waals surface area contributed by atoms with E-state index in [1.807, 2.05) is 7.05 Å². The molecule has 0 aromatic carbocycles. The second kappa shape index (κ2) is 8.04. The Balaban J connectivity index is 1.95. The minimum absolute atomic E-state index is 0.0450. The molecule has 0 aliphatic carbocycles. The first kappa shape index (κ1) is 19.5. The summed E-state index contributed by atoms with van der Waals surface area (Å²) >= 11 is 0. The molecule has 7 heteroatoms. The highest BCUT2D eigenvalue weighted by molar-refractivity contribution is 7.88. The SMILES string of the molecule is CCCC1(C)CCCN(C(=NC)NC[C@H]2CCCN2S(C)(=O)=O)C1. The molecular weight excluding hydrogens is 324 g/mol. The summed E-state index contributed by atoms with van der Waals surface area (Å²) in [6.45, 7) is 7.96. The van der Waals surface area contributed by atoms with Gasteiger partial charge in [0.25, 0.3) is 0 Å². The van der Waals surface area contributed by atoms with Gasteiger partial charge in [-0.1, -0.05) is 20.3 Å². The Bertz CT molecular complexity index is 545. The Morgan fingerprint density at radius 3 is 2.71 bits per heavy atom. The molecule has 0 saturated carbocycles. The molecule has 24 heavy (non-hydrogen) atoms. The van der Waals surface area contributed by atoms with Gasteiger partial charge in [0.1, 0.15) is 0 Å². The lowest BCUT2D eigenvalue weighted by Crippen LogP contribution is -2.52. The summed E-state index contributed by atoms with van der Waals surface area (Å²) < 4.78 is 25.4. The van der Waals surface area contributed by atoms with Crippen molar-refractivity contribution in [2.24, 2.45) is 10.4 Å². The highest BCUT2D eigenvalue weighted by atomic mass is 32.2. The molecule has 1 unspecified atom stereocenters. The second-order valence-corrected chi connectivity index (χ2v) is 9.62. The first-order valence-corrected chi connectivity index (χ1v) is 11.1. The average molecular weight is 359 g/mol. The lowest BCUT2D eigenvalue weighted by atomic mass is 9.78. The number of nitrogens with zero attached hydrogens (tertiary/aromatic N) is 3. The van der Waals surface area contributed by atoms with Crippen LogP contribution < -0.4 is 5.32 Å². The van der Waals surface area contributed by atoms with Gasteiger partial charge < -0.3 is 10.2 Å². The van der Waals surface area contributed by atoms with E-state index in [2.05, 4.69) is 29.1 Å². The van der Waals surface area contributed by atoms with Crippen molar-refractivity contribution in [2.75, 3.05) is 39.5 Å². The highest BCUT2D eigenvalue weighted by Gasteiger charge is 2.34. The normalized spacial score (nSPS) is 29.9. The summed E-state index contributed by atoms with van der Waals surface area (Å²) in [4.78, 5) is 6.80. The monoisotopic (exact) mass is 358 g/mol. The van der Waals surface area contributed by atoms with Gasteiger partial charge in [0.15, 0.2) is 5.96 Å². The predicted octanol–water partition coefficient (Wildman–Crippen LogP) is 1.89. The lowest BCUT2D eigenvalue weighted by Gasteiger charge is -2.42. The largest absolute Gasteiger partial charge is 0.355 e. The maximum absolute atomic E-state index is 11.9. The third kappa shape index (κ3) is 4.85. The number of piperidine rings is 1. The molecule has 0 bridgehead atoms. The molecule has 0 aromatic rings. The van der Waals surface area contributed by atoms with Crippen LogP contribution in [0.4, 0.5) is 0 Å². The van der Waals surface area contributed by atoms with E-state index in [0.717, 1.165) is 31.9 Å². The summed E-state index contributed by atoms with van der Waals surface area (Å²) in [5, 5.41) is 3.43. The zero-order valence-electron chi connectivity index (χ0n) is 15.7. The molecule has 0 spiro atoms. The Morgan fingerprint density at radius 2 is 2.08 bits per heavy atom. The molecule has 2 fully saturated rings. The van der Waals surface area contributed by atoms with Crippen molar-refractivity contribution in [3.63, 3.8) is 0 Å². The van der Waals surface area contributed by atoms with Gasteiger partial charge in [-0.15, -0.1) is 0 Å². The maximum Gasteiger partial charge on any atom is 0.211 e. The van der Waals surface area contributed by atoms with Crippen molar-refractivity contribution < 1.29 is 8.42 Å². The van der Waals surface area contributed by atoms with Crippen LogP contribution in [0.2, 0.25) is 0 Å². The summed E-state index contributed by atoms with van der Waals surface area (Å²) in [6.07, 6.45) is 8.09. The Hall–Kier alpha value is -0.820. The molecule has 1 N–H and O–H groups in total. The van der Waals surface area contributed by atoms with E-state index in [4.69, 9.17) is 0 Å². The summed E-state index contributed by atoms with van der Waals surface area (Å²) in [5.41, 5.74) is 0.358. The van der Waals surface area contributed by atoms with Gasteiger partial charge in [0.05, 0.1) is 6.26 Å². The van der Waals surface area contributed by atoms with Gasteiger partial charge in [-0.2, -0.15) is 4.31 Å². The quantitative estimate of drug-likeness (QED) is 0.602. The molecule has 2 saturated heterocycles. The number of guanidine groups is 1. The van der Waals surface area contributed by atoms with Crippen LogP contribution in [-0.4, -0.2) is 69.1 Å². The minimum Gasteiger partial charge on any atom is -0.355 e. The molecule has 0 aromatic heterocycles. The Morgan fingerprint density at radius 1 is 1.33 bits per heavy atom. The van der Waals surface area contributed by atoms with Crippen molar-refractivity contribution in [2.45, 2.75) is 58.4 Å². The van der Waals surface area contributed by atoms with Crippen LogP contribution in [-0.2, 0) is 10.0 Å². The average Bonchev–Trinajstić information content (AvgIpc) is 2.96. The van der Waals surface area contributed by atoms with Crippen LogP contribution in [0, 0.1) is 5.41 Å². The molecule has 140 valence electrons. The molecule has 2 atom stereocenters. The Kier molecular flexibility index (Phi) is 6.53. The number of rotatable bonds is 5. The second-order valence-electron chi connectivity index (χ2n) is 7.68. The molecule has 2 heterocycles. The number of likely N-dealkylation sites (tertiary alicyclic amines) is 1. The molecule has 0 amide bonds. The van der Waals surface area contributed by atoms with Crippen molar-refractivity contribution in [3.8, 4) is 0 Å². The van der Waals surface area contributed by atoms with E-state index in [1.165, 1.54) is 31.9 Å². The fraction of sp³-hybridized carbons (Fsp3) is 0.941. The van der Waals surface area contributed by atoms with Gasteiger partial charge in [0.2, 0.25) is 10.0 Å². The summed E-state index contributed by atoms with van der Waals surface area (Å²) in [6, 6.07) is 0.0450. The molecule has 0 radical (unpaired) electrons. The van der Waals surface area contributed by atoms with E-state index < -0.39 is 10.0 Å². The van der Waals surface area contributed by atoms with Gasteiger partial charge in [-0.3, -0.25) is 4.99 Å². The molecule has 2 aliphatic heterocycles. The number of hydrogen-bond donors (Lipinski definition) is 1. The highest BCUT2D eigenvalue weighted by Crippen LogP contribution is 2.33. The smallest absolute Gasteiger partial charge is 0.211 e. The fourth-order valence-electron chi connectivity index (χ4n) is 4.30. The number of hydrogen-bond acceptors (Lipinski definition) is 3. The number of aliphatic imine (C=N–C) groups is 1.